The van der Waals surface area contributed by atoms with Crippen LogP contribution in [0.25, 0.3) is 0 Å². The number of carbonyl (C=O) groups excluding carboxylic acids is 2. The Bertz CT molecular complexity index is 759. The first-order chi connectivity index (χ1) is 12.1. The second-order valence-corrected chi connectivity index (χ2v) is 5.24. The van der Waals surface area contributed by atoms with E-state index in [0.29, 0.717) is 35.8 Å². The van der Waals surface area contributed by atoms with Gasteiger partial charge in [0.2, 0.25) is 0 Å². The van der Waals surface area contributed by atoms with Gasteiger partial charge >= 0.3 is 0 Å². The van der Waals surface area contributed by atoms with Crippen molar-refractivity contribution in [2.45, 2.75) is 13.5 Å². The number of anilines is 1. The number of para-hydroxylation sites is 1. The number of hydrogen-bond acceptors (Lipinski definition) is 4. The summed E-state index contributed by atoms with van der Waals surface area (Å²) in [4.78, 5) is 24.5. The molecule has 132 valence electrons. The number of nitrogens with one attached hydrogen (secondary N) is 2. The molecule has 0 fully saturated rings. The number of methoxy groups -OCH3 is 1. The first-order valence-electron chi connectivity index (χ1n) is 7.97. The molecule has 2 aromatic carbocycles. The second-order valence-electron chi connectivity index (χ2n) is 5.24. The lowest BCUT2D eigenvalue weighted by molar-refractivity contribution is 0.0964. The molecule has 2 aromatic rings. The Labute approximate surface area is 147 Å². The molecule has 2 N–H and O–H groups in total. The minimum Gasteiger partial charge on any atom is -0.496 e. The van der Waals surface area contributed by atoms with Gasteiger partial charge in [-0.15, -0.1) is 0 Å². The Morgan fingerprint density at radius 2 is 1.84 bits per heavy atom. The molecule has 0 unspecified atom stereocenters. The van der Waals surface area contributed by atoms with Crippen molar-refractivity contribution in [2.75, 3.05) is 26.1 Å². The summed E-state index contributed by atoms with van der Waals surface area (Å²) < 4.78 is 10.7. The summed E-state index contributed by atoms with van der Waals surface area (Å²) >= 11 is 0. The summed E-state index contributed by atoms with van der Waals surface area (Å²) in [5.74, 6) is 0.0928. The van der Waals surface area contributed by atoms with Gasteiger partial charge in [0.1, 0.15) is 5.75 Å². The molecular weight excluding hydrogens is 320 g/mol. The van der Waals surface area contributed by atoms with E-state index in [1.54, 1.807) is 56.6 Å². The highest BCUT2D eigenvalue weighted by Crippen LogP contribution is 2.22. The van der Waals surface area contributed by atoms with Crippen LogP contribution in [0.1, 0.15) is 33.2 Å². The number of amides is 2. The molecule has 0 radical (unpaired) electrons. The predicted octanol–water partition coefficient (Wildman–Crippen LogP) is 2.84. The van der Waals surface area contributed by atoms with Crippen LogP contribution in [0.2, 0.25) is 0 Å². The maximum atomic E-state index is 12.6. The molecule has 2 rings (SSSR count). The van der Waals surface area contributed by atoms with Crippen molar-refractivity contribution in [2.24, 2.45) is 0 Å². The number of hydrogen-bond donors (Lipinski definition) is 2. The fourth-order valence-corrected chi connectivity index (χ4v) is 2.36. The average molecular weight is 342 g/mol. The van der Waals surface area contributed by atoms with Crippen molar-refractivity contribution >= 4 is 17.5 Å². The fraction of sp³-hybridized carbons (Fsp3) is 0.263. The molecular formula is C19H22N2O4. The Morgan fingerprint density at radius 1 is 1.08 bits per heavy atom. The molecule has 2 amide bonds. The van der Waals surface area contributed by atoms with Crippen LogP contribution in [0.15, 0.2) is 42.5 Å². The van der Waals surface area contributed by atoms with Crippen molar-refractivity contribution < 1.29 is 19.1 Å². The van der Waals surface area contributed by atoms with Crippen LogP contribution in [0, 0.1) is 0 Å². The zero-order valence-corrected chi connectivity index (χ0v) is 14.6. The first-order valence-corrected chi connectivity index (χ1v) is 7.97. The molecule has 0 aliphatic heterocycles. The van der Waals surface area contributed by atoms with Gasteiger partial charge in [-0.25, -0.2) is 0 Å². The van der Waals surface area contributed by atoms with Gasteiger partial charge in [-0.1, -0.05) is 12.1 Å². The quantitative estimate of drug-likeness (QED) is 0.811. The van der Waals surface area contributed by atoms with E-state index < -0.39 is 0 Å². The third kappa shape index (κ3) is 4.58. The van der Waals surface area contributed by atoms with Crippen LogP contribution in [0.5, 0.6) is 5.75 Å². The lowest BCUT2D eigenvalue weighted by Gasteiger charge is -2.13. The summed E-state index contributed by atoms with van der Waals surface area (Å²) in [5, 5.41) is 5.34. The molecule has 0 aliphatic rings. The molecule has 25 heavy (non-hydrogen) atoms. The Balaban J connectivity index is 2.25. The molecule has 0 atom stereocenters. The van der Waals surface area contributed by atoms with E-state index >= 15 is 0 Å². The van der Waals surface area contributed by atoms with E-state index in [2.05, 4.69) is 10.6 Å². The van der Waals surface area contributed by atoms with Crippen LogP contribution >= 0.6 is 0 Å². The van der Waals surface area contributed by atoms with Gasteiger partial charge < -0.3 is 20.1 Å². The normalized spacial score (nSPS) is 10.2. The molecule has 0 aromatic heterocycles. The van der Waals surface area contributed by atoms with Crippen LogP contribution in [-0.2, 0) is 11.3 Å². The Kier molecular flexibility index (Phi) is 6.54. The summed E-state index contributed by atoms with van der Waals surface area (Å²) in [7, 11) is 3.12. The van der Waals surface area contributed by atoms with Crippen molar-refractivity contribution in [1.82, 2.24) is 5.32 Å². The summed E-state index contributed by atoms with van der Waals surface area (Å²) in [5.41, 5.74) is 2.11. The van der Waals surface area contributed by atoms with Gasteiger partial charge in [0.25, 0.3) is 11.8 Å². The molecule has 6 heteroatoms. The van der Waals surface area contributed by atoms with Gasteiger partial charge in [0, 0.05) is 24.8 Å². The van der Waals surface area contributed by atoms with E-state index in [4.69, 9.17) is 9.47 Å². The van der Waals surface area contributed by atoms with Gasteiger partial charge in [0.15, 0.2) is 0 Å². The van der Waals surface area contributed by atoms with Gasteiger partial charge in [-0.3, -0.25) is 9.59 Å². The standard InChI is InChI=1S/C19H22N2O4/c1-4-25-12-14-11-13(9-10-17(14)24-3)18(22)21-16-8-6-5-7-15(16)19(23)20-2/h5-11H,4,12H2,1-3H3,(H,20,23)(H,21,22). The summed E-state index contributed by atoms with van der Waals surface area (Å²) in [6.45, 7) is 2.83. The number of benzene rings is 2. The van der Waals surface area contributed by atoms with E-state index in [0.717, 1.165) is 5.56 Å². The van der Waals surface area contributed by atoms with Crippen LogP contribution in [0.3, 0.4) is 0 Å². The van der Waals surface area contributed by atoms with Crippen molar-refractivity contribution in [3.63, 3.8) is 0 Å². The number of carbonyl (C=O) groups is 2. The molecule has 0 saturated carbocycles. The van der Waals surface area contributed by atoms with Crippen molar-refractivity contribution in [1.29, 1.82) is 0 Å². The largest absolute Gasteiger partial charge is 0.496 e. The topological polar surface area (TPSA) is 76.7 Å². The van der Waals surface area contributed by atoms with Gasteiger partial charge in [0.05, 0.1) is 25.0 Å². The van der Waals surface area contributed by atoms with Gasteiger partial charge in [-0.05, 0) is 37.3 Å². The lowest BCUT2D eigenvalue weighted by atomic mass is 10.1. The number of rotatable bonds is 7. The van der Waals surface area contributed by atoms with Crippen molar-refractivity contribution in [3.8, 4) is 5.75 Å². The molecule has 0 bridgehead atoms. The molecule has 0 heterocycles. The highest BCUT2D eigenvalue weighted by molar-refractivity contribution is 6.09. The summed E-state index contributed by atoms with van der Waals surface area (Å²) in [6, 6.07) is 12.0. The monoisotopic (exact) mass is 342 g/mol. The van der Waals surface area contributed by atoms with Crippen LogP contribution in [0.4, 0.5) is 5.69 Å². The minimum absolute atomic E-state index is 0.261. The van der Waals surface area contributed by atoms with Crippen LogP contribution < -0.4 is 15.4 Å². The Morgan fingerprint density at radius 3 is 2.52 bits per heavy atom. The highest BCUT2D eigenvalue weighted by atomic mass is 16.5. The third-order valence-corrected chi connectivity index (χ3v) is 3.65. The first kappa shape index (κ1) is 18.5. The maximum Gasteiger partial charge on any atom is 0.255 e. The third-order valence-electron chi connectivity index (χ3n) is 3.65. The van der Waals surface area contributed by atoms with Crippen LogP contribution in [-0.4, -0.2) is 32.6 Å². The number of ether oxygens (including phenoxy) is 2. The summed E-state index contributed by atoms with van der Waals surface area (Å²) in [6.07, 6.45) is 0. The highest BCUT2D eigenvalue weighted by Gasteiger charge is 2.14. The van der Waals surface area contributed by atoms with E-state index in [9.17, 15) is 9.59 Å². The minimum atomic E-state index is -0.309. The SMILES string of the molecule is CCOCc1cc(C(=O)Nc2ccccc2C(=O)NC)ccc1OC. The fourth-order valence-electron chi connectivity index (χ4n) is 2.36. The predicted molar refractivity (Wildman–Crippen MR) is 96.1 cm³/mol. The zero-order chi connectivity index (χ0) is 18.2. The average Bonchev–Trinajstić information content (AvgIpc) is 2.65. The van der Waals surface area contributed by atoms with E-state index in [1.165, 1.54) is 0 Å². The molecule has 0 spiro atoms. The zero-order valence-electron chi connectivity index (χ0n) is 14.6. The Hall–Kier alpha value is -2.86. The van der Waals surface area contributed by atoms with E-state index in [1.807, 2.05) is 6.92 Å². The molecule has 0 saturated heterocycles. The maximum absolute atomic E-state index is 12.6. The van der Waals surface area contributed by atoms with E-state index in [-0.39, 0.29) is 11.8 Å². The second kappa shape index (κ2) is 8.84. The lowest BCUT2D eigenvalue weighted by Crippen LogP contribution is -2.21. The molecule has 0 aliphatic carbocycles. The van der Waals surface area contributed by atoms with Gasteiger partial charge in [-0.2, -0.15) is 0 Å². The smallest absolute Gasteiger partial charge is 0.255 e. The molecule has 6 nitrogen and oxygen atoms in total. The van der Waals surface area contributed by atoms with Crippen molar-refractivity contribution in [3.05, 3.63) is 59.2 Å².